The Hall–Kier alpha value is -2.10. The van der Waals surface area contributed by atoms with Gasteiger partial charge in [0.1, 0.15) is 11.6 Å². The molecule has 2 aromatic rings. The zero-order valence-corrected chi connectivity index (χ0v) is 12.2. The van der Waals surface area contributed by atoms with E-state index in [1.807, 2.05) is 25.1 Å². The summed E-state index contributed by atoms with van der Waals surface area (Å²) in [6, 6.07) is 7.46. The van der Waals surface area contributed by atoms with Gasteiger partial charge in [-0.05, 0) is 32.4 Å². The van der Waals surface area contributed by atoms with E-state index in [0.29, 0.717) is 18.1 Å². The van der Waals surface area contributed by atoms with E-state index >= 15 is 0 Å². The van der Waals surface area contributed by atoms with E-state index < -0.39 is 0 Å². The Morgan fingerprint density at radius 2 is 2.05 bits per heavy atom. The third kappa shape index (κ3) is 3.47. The van der Waals surface area contributed by atoms with Crippen molar-refractivity contribution in [2.45, 2.75) is 33.6 Å². The van der Waals surface area contributed by atoms with Gasteiger partial charge >= 0.3 is 0 Å². The lowest BCUT2D eigenvalue weighted by Gasteiger charge is -2.12. The SMILES string of the molecule is CCCCOc1ccc(C)cc1-c1cc(=O)[nH]c(C)n1. The molecule has 0 fully saturated rings. The van der Waals surface area contributed by atoms with Crippen LogP contribution < -0.4 is 10.3 Å². The zero-order valence-electron chi connectivity index (χ0n) is 12.2. The van der Waals surface area contributed by atoms with Gasteiger partial charge in [0.25, 0.3) is 5.56 Å². The quantitative estimate of drug-likeness (QED) is 0.850. The number of benzene rings is 1. The van der Waals surface area contributed by atoms with Crippen molar-refractivity contribution in [3.8, 4) is 17.0 Å². The van der Waals surface area contributed by atoms with Crippen LogP contribution in [0.2, 0.25) is 0 Å². The number of aryl methyl sites for hydroxylation is 2. The highest BCUT2D eigenvalue weighted by atomic mass is 16.5. The Morgan fingerprint density at radius 3 is 2.75 bits per heavy atom. The second kappa shape index (κ2) is 6.37. The fourth-order valence-corrected chi connectivity index (χ4v) is 2.01. The molecular formula is C16H20N2O2. The van der Waals surface area contributed by atoms with Gasteiger partial charge in [-0.15, -0.1) is 0 Å². The minimum absolute atomic E-state index is 0.145. The summed E-state index contributed by atoms with van der Waals surface area (Å²) in [5.41, 5.74) is 2.49. The average Bonchev–Trinajstić information content (AvgIpc) is 2.39. The van der Waals surface area contributed by atoms with Crippen LogP contribution in [0, 0.1) is 13.8 Å². The average molecular weight is 272 g/mol. The number of aromatic amines is 1. The number of rotatable bonds is 5. The number of aromatic nitrogens is 2. The molecule has 20 heavy (non-hydrogen) atoms. The Morgan fingerprint density at radius 1 is 1.25 bits per heavy atom. The van der Waals surface area contributed by atoms with Crippen molar-refractivity contribution < 1.29 is 4.74 Å². The van der Waals surface area contributed by atoms with Crippen LogP contribution in [-0.4, -0.2) is 16.6 Å². The Labute approximate surface area is 118 Å². The largest absolute Gasteiger partial charge is 0.493 e. The second-order valence-corrected chi connectivity index (χ2v) is 4.92. The van der Waals surface area contributed by atoms with E-state index in [9.17, 15) is 4.79 Å². The maximum atomic E-state index is 11.6. The van der Waals surface area contributed by atoms with Gasteiger partial charge in [-0.2, -0.15) is 0 Å². The number of hydrogen-bond donors (Lipinski definition) is 1. The predicted octanol–water partition coefficient (Wildman–Crippen LogP) is 3.23. The summed E-state index contributed by atoms with van der Waals surface area (Å²) >= 11 is 0. The van der Waals surface area contributed by atoms with E-state index in [2.05, 4.69) is 16.9 Å². The van der Waals surface area contributed by atoms with Crippen LogP contribution in [0.4, 0.5) is 0 Å². The summed E-state index contributed by atoms with van der Waals surface area (Å²) in [5.74, 6) is 1.38. The van der Waals surface area contributed by atoms with Crippen molar-refractivity contribution in [1.29, 1.82) is 0 Å². The molecule has 4 heteroatoms. The lowest BCUT2D eigenvalue weighted by Crippen LogP contribution is -2.09. The molecule has 4 nitrogen and oxygen atoms in total. The van der Waals surface area contributed by atoms with Crippen LogP contribution in [0.3, 0.4) is 0 Å². The van der Waals surface area contributed by atoms with Gasteiger partial charge in [-0.25, -0.2) is 4.98 Å². The molecule has 1 aromatic heterocycles. The zero-order chi connectivity index (χ0) is 14.5. The molecule has 0 aliphatic rings. The van der Waals surface area contributed by atoms with Crippen LogP contribution in [0.15, 0.2) is 29.1 Å². The fraction of sp³-hybridized carbons (Fsp3) is 0.375. The molecule has 106 valence electrons. The van der Waals surface area contributed by atoms with Gasteiger partial charge in [0.15, 0.2) is 0 Å². The summed E-state index contributed by atoms with van der Waals surface area (Å²) in [6.07, 6.45) is 2.10. The Bertz CT molecular complexity index is 647. The fourth-order valence-electron chi connectivity index (χ4n) is 2.01. The third-order valence-electron chi connectivity index (χ3n) is 3.03. The molecule has 0 unspecified atom stereocenters. The highest BCUT2D eigenvalue weighted by molar-refractivity contribution is 5.67. The van der Waals surface area contributed by atoms with E-state index in [0.717, 1.165) is 29.7 Å². The number of unbranched alkanes of at least 4 members (excludes halogenated alkanes) is 1. The molecule has 0 radical (unpaired) electrons. The van der Waals surface area contributed by atoms with Gasteiger partial charge in [-0.1, -0.05) is 25.0 Å². The van der Waals surface area contributed by atoms with Crippen LogP contribution >= 0.6 is 0 Å². The number of nitrogens with one attached hydrogen (secondary N) is 1. The minimum Gasteiger partial charge on any atom is -0.493 e. The maximum absolute atomic E-state index is 11.6. The molecular weight excluding hydrogens is 252 g/mol. The highest BCUT2D eigenvalue weighted by Gasteiger charge is 2.09. The molecule has 0 aliphatic carbocycles. The van der Waals surface area contributed by atoms with Crippen molar-refractivity contribution in [1.82, 2.24) is 9.97 Å². The molecule has 0 bridgehead atoms. The molecule has 0 amide bonds. The monoisotopic (exact) mass is 272 g/mol. The minimum atomic E-state index is -0.145. The summed E-state index contributed by atoms with van der Waals surface area (Å²) < 4.78 is 5.81. The van der Waals surface area contributed by atoms with E-state index in [1.54, 1.807) is 6.92 Å². The summed E-state index contributed by atoms with van der Waals surface area (Å²) in [4.78, 5) is 18.7. The molecule has 1 heterocycles. The number of nitrogens with zero attached hydrogens (tertiary/aromatic N) is 1. The molecule has 2 rings (SSSR count). The first-order valence-corrected chi connectivity index (χ1v) is 6.92. The molecule has 0 aliphatic heterocycles. The topological polar surface area (TPSA) is 55.0 Å². The second-order valence-electron chi connectivity index (χ2n) is 4.92. The van der Waals surface area contributed by atoms with E-state index in [4.69, 9.17) is 4.74 Å². The van der Waals surface area contributed by atoms with Gasteiger partial charge in [-0.3, -0.25) is 4.79 Å². The molecule has 0 spiro atoms. The molecule has 1 aromatic carbocycles. The van der Waals surface area contributed by atoms with Gasteiger partial charge in [0, 0.05) is 11.6 Å². The van der Waals surface area contributed by atoms with Crippen LogP contribution in [-0.2, 0) is 0 Å². The molecule has 0 saturated carbocycles. The van der Waals surface area contributed by atoms with Gasteiger partial charge < -0.3 is 9.72 Å². The molecule has 0 atom stereocenters. The van der Waals surface area contributed by atoms with Crippen molar-refractivity contribution in [2.24, 2.45) is 0 Å². The summed E-state index contributed by atoms with van der Waals surface area (Å²) in [6.45, 7) is 6.59. The molecule has 0 saturated heterocycles. The predicted molar refractivity (Wildman–Crippen MR) is 80.2 cm³/mol. The third-order valence-corrected chi connectivity index (χ3v) is 3.03. The highest BCUT2D eigenvalue weighted by Crippen LogP contribution is 2.29. The first-order valence-electron chi connectivity index (χ1n) is 6.92. The Balaban J connectivity index is 2.42. The summed E-state index contributed by atoms with van der Waals surface area (Å²) in [7, 11) is 0. The number of ether oxygens (including phenoxy) is 1. The van der Waals surface area contributed by atoms with E-state index in [-0.39, 0.29) is 5.56 Å². The van der Waals surface area contributed by atoms with E-state index in [1.165, 1.54) is 6.07 Å². The lowest BCUT2D eigenvalue weighted by atomic mass is 10.1. The van der Waals surface area contributed by atoms with Crippen LogP contribution in [0.5, 0.6) is 5.75 Å². The number of H-pyrrole nitrogens is 1. The van der Waals surface area contributed by atoms with Crippen molar-refractivity contribution >= 4 is 0 Å². The molecule has 1 N–H and O–H groups in total. The maximum Gasteiger partial charge on any atom is 0.251 e. The van der Waals surface area contributed by atoms with Crippen LogP contribution in [0.25, 0.3) is 11.3 Å². The Kier molecular flexibility index (Phi) is 4.56. The van der Waals surface area contributed by atoms with Gasteiger partial charge in [0.05, 0.1) is 12.3 Å². The lowest BCUT2D eigenvalue weighted by molar-refractivity contribution is 0.310. The van der Waals surface area contributed by atoms with Crippen molar-refractivity contribution in [2.75, 3.05) is 6.61 Å². The number of hydrogen-bond acceptors (Lipinski definition) is 3. The van der Waals surface area contributed by atoms with Crippen molar-refractivity contribution in [3.05, 3.63) is 46.0 Å². The van der Waals surface area contributed by atoms with Crippen molar-refractivity contribution in [3.63, 3.8) is 0 Å². The van der Waals surface area contributed by atoms with Gasteiger partial charge in [0.2, 0.25) is 0 Å². The standard InChI is InChI=1S/C16H20N2O2/c1-4-5-8-20-15-7-6-11(2)9-13(15)14-10-16(19)18-12(3)17-14/h6-7,9-10H,4-5,8H2,1-3H3,(H,17,18,19). The van der Waals surface area contributed by atoms with Crippen LogP contribution in [0.1, 0.15) is 31.2 Å². The normalized spacial score (nSPS) is 10.6. The smallest absolute Gasteiger partial charge is 0.251 e. The summed E-state index contributed by atoms with van der Waals surface area (Å²) in [5, 5.41) is 0. The first-order chi connectivity index (χ1) is 9.60. The first kappa shape index (κ1) is 14.3.